The number of rotatable bonds is 1. The lowest BCUT2D eigenvalue weighted by Crippen LogP contribution is -2.41. The lowest BCUT2D eigenvalue weighted by atomic mass is 9.70. The Morgan fingerprint density at radius 2 is 1.94 bits per heavy atom. The molecule has 1 aromatic rings. The normalized spacial score (nSPS) is 53.1. The van der Waals surface area contributed by atoms with E-state index in [1.165, 1.54) is 24.3 Å². The first-order valence-corrected chi connectivity index (χ1v) is 8.59. The van der Waals surface area contributed by atoms with Gasteiger partial charge in [-0.05, 0) is 50.0 Å². The first-order chi connectivity index (χ1) is 8.51. The number of hydrogen-bond acceptors (Lipinski definition) is 1. The van der Waals surface area contributed by atoms with Crippen LogP contribution in [0.25, 0.3) is 0 Å². The molecule has 0 spiro atoms. The molecule has 2 saturated carbocycles. The molecule has 18 heavy (non-hydrogen) atoms. The molecule has 3 fully saturated rings. The Kier molecular flexibility index (Phi) is 2.03. The second-order valence-corrected chi connectivity index (χ2v) is 9.36. The monoisotopic (exact) mass is 260 g/mol. The molecule has 2 aliphatic carbocycles. The Bertz CT molecular complexity index is 501. The van der Waals surface area contributed by atoms with Gasteiger partial charge in [-0.1, -0.05) is 44.2 Å². The molecular formula is C16H21OP. The molecule has 0 radical (unpaired) electrons. The molecule has 4 bridgehead atoms. The Morgan fingerprint density at radius 1 is 1.22 bits per heavy atom. The fourth-order valence-electron chi connectivity index (χ4n) is 5.15. The van der Waals surface area contributed by atoms with E-state index in [0.29, 0.717) is 5.41 Å². The van der Waals surface area contributed by atoms with Crippen molar-refractivity contribution >= 4 is 13.2 Å². The highest BCUT2D eigenvalue weighted by Crippen LogP contribution is 2.85. The minimum atomic E-state index is -0.392. The summed E-state index contributed by atoms with van der Waals surface area (Å²) in [6.45, 7) is 4.82. The van der Waals surface area contributed by atoms with E-state index in [1.54, 1.807) is 0 Å². The quantitative estimate of drug-likeness (QED) is 0.768. The third-order valence-corrected chi connectivity index (χ3v) is 10.0. The van der Waals surface area contributed by atoms with Crippen LogP contribution in [0.1, 0.15) is 33.1 Å². The standard InChI is InChI=1S/C16H21OP/c1-14-11-18(13-6-4-3-5-7-13)16(17)10-12(14)8-9-15(14,16)2/h3-7,12,17H,8-11H2,1-2H3/t12-,14+,15+,16-,18+/m0/s1. The number of benzene rings is 1. The van der Waals surface area contributed by atoms with Gasteiger partial charge in [0, 0.05) is 5.41 Å². The van der Waals surface area contributed by atoms with Crippen molar-refractivity contribution in [1.82, 2.24) is 0 Å². The zero-order chi connectivity index (χ0) is 12.6. The molecule has 1 aromatic carbocycles. The van der Waals surface area contributed by atoms with Crippen molar-refractivity contribution in [2.24, 2.45) is 16.7 Å². The summed E-state index contributed by atoms with van der Waals surface area (Å²) in [6.07, 6.45) is 4.87. The maximum Gasteiger partial charge on any atom is 0.0937 e. The van der Waals surface area contributed by atoms with Gasteiger partial charge in [0.15, 0.2) is 0 Å². The molecule has 4 rings (SSSR count). The zero-order valence-corrected chi connectivity index (χ0v) is 12.1. The van der Waals surface area contributed by atoms with Crippen molar-refractivity contribution in [1.29, 1.82) is 0 Å². The third kappa shape index (κ3) is 1.00. The summed E-state index contributed by atoms with van der Waals surface area (Å²) >= 11 is 0. The number of hydrogen-bond donors (Lipinski definition) is 1. The van der Waals surface area contributed by atoms with Gasteiger partial charge in [-0.15, -0.1) is 0 Å². The van der Waals surface area contributed by atoms with Crippen molar-refractivity contribution in [3.63, 3.8) is 0 Å². The summed E-state index contributed by atoms with van der Waals surface area (Å²) in [5, 5.41) is 12.4. The van der Waals surface area contributed by atoms with E-state index >= 15 is 0 Å². The van der Waals surface area contributed by atoms with Gasteiger partial charge in [-0.2, -0.15) is 0 Å². The molecule has 0 amide bonds. The molecule has 1 heterocycles. The van der Waals surface area contributed by atoms with Gasteiger partial charge in [0.05, 0.1) is 5.34 Å². The van der Waals surface area contributed by atoms with Gasteiger partial charge in [-0.3, -0.25) is 0 Å². The van der Waals surface area contributed by atoms with Crippen LogP contribution >= 0.6 is 7.92 Å². The lowest BCUT2D eigenvalue weighted by molar-refractivity contribution is -0.00380. The van der Waals surface area contributed by atoms with Crippen LogP contribution in [0.4, 0.5) is 0 Å². The Hall–Kier alpha value is -0.390. The summed E-state index contributed by atoms with van der Waals surface area (Å²) < 4.78 is 0. The predicted octanol–water partition coefficient (Wildman–Crippen LogP) is 3.32. The summed E-state index contributed by atoms with van der Waals surface area (Å²) in [4.78, 5) is 0. The second kappa shape index (κ2) is 3.19. The summed E-state index contributed by atoms with van der Waals surface area (Å²) in [5.74, 6) is 0.773. The molecule has 0 unspecified atom stereocenters. The van der Waals surface area contributed by atoms with Gasteiger partial charge < -0.3 is 5.11 Å². The van der Waals surface area contributed by atoms with Crippen molar-refractivity contribution in [3.8, 4) is 0 Å². The van der Waals surface area contributed by atoms with E-state index < -0.39 is 7.92 Å². The predicted molar refractivity (Wildman–Crippen MR) is 76.4 cm³/mol. The minimum Gasteiger partial charge on any atom is -0.384 e. The fourth-order valence-corrected chi connectivity index (χ4v) is 9.23. The van der Waals surface area contributed by atoms with Gasteiger partial charge in [-0.25, -0.2) is 0 Å². The largest absolute Gasteiger partial charge is 0.384 e. The van der Waals surface area contributed by atoms with E-state index in [1.807, 2.05) is 0 Å². The molecular weight excluding hydrogens is 239 g/mol. The first-order valence-electron chi connectivity index (χ1n) is 7.06. The molecule has 1 aliphatic heterocycles. The van der Waals surface area contributed by atoms with Gasteiger partial charge in [0.2, 0.25) is 0 Å². The molecule has 0 aromatic heterocycles. The van der Waals surface area contributed by atoms with Gasteiger partial charge in [0.1, 0.15) is 0 Å². The van der Waals surface area contributed by atoms with Crippen molar-refractivity contribution in [3.05, 3.63) is 30.3 Å². The van der Waals surface area contributed by atoms with E-state index in [0.717, 1.165) is 12.3 Å². The molecule has 5 atom stereocenters. The van der Waals surface area contributed by atoms with E-state index in [2.05, 4.69) is 44.2 Å². The van der Waals surface area contributed by atoms with Crippen molar-refractivity contribution < 1.29 is 5.11 Å². The maximum absolute atomic E-state index is 11.4. The smallest absolute Gasteiger partial charge is 0.0937 e. The Morgan fingerprint density at radius 3 is 2.56 bits per heavy atom. The van der Waals surface area contributed by atoms with Crippen LogP contribution in [-0.2, 0) is 0 Å². The third-order valence-electron chi connectivity index (χ3n) is 6.57. The number of aliphatic hydroxyl groups is 1. The average Bonchev–Trinajstić information content (AvgIpc) is 2.79. The van der Waals surface area contributed by atoms with Crippen LogP contribution < -0.4 is 5.30 Å². The molecule has 1 nitrogen and oxygen atoms in total. The summed E-state index contributed by atoms with van der Waals surface area (Å²) in [7, 11) is -0.392. The van der Waals surface area contributed by atoms with Gasteiger partial charge >= 0.3 is 0 Å². The maximum atomic E-state index is 11.4. The first kappa shape index (κ1) is 11.4. The second-order valence-electron chi connectivity index (χ2n) is 6.93. The average molecular weight is 260 g/mol. The van der Waals surface area contributed by atoms with Crippen molar-refractivity contribution in [2.75, 3.05) is 6.16 Å². The van der Waals surface area contributed by atoms with E-state index in [-0.39, 0.29) is 10.8 Å². The van der Waals surface area contributed by atoms with Crippen molar-refractivity contribution in [2.45, 2.75) is 38.5 Å². The highest BCUT2D eigenvalue weighted by Gasteiger charge is 2.77. The molecule has 3 aliphatic rings. The fraction of sp³-hybridized carbons (Fsp3) is 0.625. The Balaban J connectivity index is 1.84. The SMILES string of the molecule is C[C@]12CC[C@H]3C[C@]1(O)[P@@](c1ccccc1)C[C@]32C. The Labute approximate surface area is 110 Å². The van der Waals surface area contributed by atoms with Crippen LogP contribution in [0.2, 0.25) is 0 Å². The highest BCUT2D eigenvalue weighted by molar-refractivity contribution is 7.67. The lowest BCUT2D eigenvalue weighted by Gasteiger charge is -2.42. The summed E-state index contributed by atoms with van der Waals surface area (Å²) in [6, 6.07) is 10.8. The molecule has 1 saturated heterocycles. The van der Waals surface area contributed by atoms with Gasteiger partial charge in [0.25, 0.3) is 0 Å². The van der Waals surface area contributed by atoms with Crippen LogP contribution in [0, 0.1) is 16.7 Å². The molecule has 2 heteroatoms. The minimum absolute atomic E-state index is 0.173. The van der Waals surface area contributed by atoms with Crippen LogP contribution in [0.3, 0.4) is 0 Å². The van der Waals surface area contributed by atoms with Crippen LogP contribution in [-0.4, -0.2) is 16.6 Å². The zero-order valence-electron chi connectivity index (χ0n) is 11.2. The topological polar surface area (TPSA) is 20.2 Å². The van der Waals surface area contributed by atoms with E-state index in [4.69, 9.17) is 0 Å². The van der Waals surface area contributed by atoms with Crippen LogP contribution in [0.15, 0.2) is 30.3 Å². The summed E-state index contributed by atoms with van der Waals surface area (Å²) in [5.41, 5.74) is 0.565. The van der Waals surface area contributed by atoms with E-state index in [9.17, 15) is 5.11 Å². The molecule has 96 valence electrons. The molecule has 1 N–H and O–H groups in total. The highest BCUT2D eigenvalue weighted by atomic mass is 31.1. The van der Waals surface area contributed by atoms with Crippen LogP contribution in [0.5, 0.6) is 0 Å².